The van der Waals surface area contributed by atoms with E-state index >= 15 is 0 Å². The van der Waals surface area contributed by atoms with Crippen LogP contribution in [0.3, 0.4) is 0 Å². The molecule has 130 valence electrons. The number of nitrogens with zero attached hydrogens (tertiary/aromatic N) is 1. The lowest BCUT2D eigenvalue weighted by atomic mass is 9.96. The minimum absolute atomic E-state index is 0.295. The van der Waals surface area contributed by atoms with Gasteiger partial charge in [-0.25, -0.2) is 8.78 Å². The van der Waals surface area contributed by atoms with Crippen LogP contribution in [0, 0.1) is 17.6 Å². The van der Waals surface area contributed by atoms with E-state index in [0.29, 0.717) is 18.0 Å². The lowest BCUT2D eigenvalue weighted by molar-refractivity contribution is 0.0984. The molecule has 2 rings (SSSR count). The topological polar surface area (TPSA) is 55.7 Å². The van der Waals surface area contributed by atoms with Crippen LogP contribution in [0.4, 0.5) is 8.78 Å². The fourth-order valence-electron chi connectivity index (χ4n) is 3.01. The van der Waals surface area contributed by atoms with E-state index in [1.807, 2.05) is 0 Å². The van der Waals surface area contributed by atoms with Crippen molar-refractivity contribution in [2.45, 2.75) is 32.0 Å². The molecule has 1 aromatic rings. The van der Waals surface area contributed by atoms with Gasteiger partial charge in [0.15, 0.2) is 11.6 Å². The van der Waals surface area contributed by atoms with Crippen LogP contribution in [0.25, 0.3) is 0 Å². The minimum Gasteiger partial charge on any atom is -0.392 e. The SMILES string of the molecule is C[C@@H](O)CN1CCC(CNC[C@H](O)c2ccc(F)c(F)c2)CC1. The van der Waals surface area contributed by atoms with Gasteiger partial charge in [-0.3, -0.25) is 0 Å². The molecule has 23 heavy (non-hydrogen) atoms. The summed E-state index contributed by atoms with van der Waals surface area (Å²) in [6, 6.07) is 3.47. The van der Waals surface area contributed by atoms with E-state index in [0.717, 1.165) is 51.2 Å². The van der Waals surface area contributed by atoms with Gasteiger partial charge in [0.05, 0.1) is 12.2 Å². The molecule has 1 fully saturated rings. The highest BCUT2D eigenvalue weighted by molar-refractivity contribution is 5.20. The molecule has 0 amide bonds. The van der Waals surface area contributed by atoms with Gasteiger partial charge in [-0.05, 0) is 63.0 Å². The molecule has 6 heteroatoms. The van der Waals surface area contributed by atoms with Crippen molar-refractivity contribution in [1.82, 2.24) is 10.2 Å². The van der Waals surface area contributed by atoms with Gasteiger partial charge in [0.1, 0.15) is 0 Å². The van der Waals surface area contributed by atoms with E-state index < -0.39 is 17.7 Å². The third-order valence-corrected chi connectivity index (χ3v) is 4.33. The first-order valence-corrected chi connectivity index (χ1v) is 8.20. The quantitative estimate of drug-likeness (QED) is 0.713. The van der Waals surface area contributed by atoms with Crippen molar-refractivity contribution in [2.24, 2.45) is 5.92 Å². The highest BCUT2D eigenvalue weighted by Crippen LogP contribution is 2.18. The Morgan fingerprint density at radius 2 is 1.91 bits per heavy atom. The lowest BCUT2D eigenvalue weighted by Gasteiger charge is -2.32. The number of piperidine rings is 1. The summed E-state index contributed by atoms with van der Waals surface area (Å²) in [4.78, 5) is 2.26. The van der Waals surface area contributed by atoms with Crippen molar-refractivity contribution < 1.29 is 19.0 Å². The number of β-amino-alcohol motifs (C(OH)–C–C–N with tert-alkyl or cyclic N) is 1. The summed E-state index contributed by atoms with van der Waals surface area (Å²) in [7, 11) is 0. The molecule has 0 bridgehead atoms. The van der Waals surface area contributed by atoms with Gasteiger partial charge >= 0.3 is 0 Å². The first-order chi connectivity index (χ1) is 11.0. The van der Waals surface area contributed by atoms with E-state index in [9.17, 15) is 19.0 Å². The normalized spacial score (nSPS) is 19.7. The van der Waals surface area contributed by atoms with Gasteiger partial charge in [-0.1, -0.05) is 6.07 Å². The molecule has 0 saturated carbocycles. The number of aliphatic hydroxyl groups excluding tert-OH is 2. The molecule has 0 aromatic heterocycles. The first kappa shape index (κ1) is 18.3. The number of likely N-dealkylation sites (tertiary alicyclic amines) is 1. The van der Waals surface area contributed by atoms with Crippen molar-refractivity contribution in [3.63, 3.8) is 0 Å². The highest BCUT2D eigenvalue weighted by Gasteiger charge is 2.20. The number of hydrogen-bond donors (Lipinski definition) is 3. The monoisotopic (exact) mass is 328 g/mol. The predicted molar refractivity (Wildman–Crippen MR) is 85.0 cm³/mol. The fraction of sp³-hybridized carbons (Fsp3) is 0.647. The maximum Gasteiger partial charge on any atom is 0.159 e. The molecule has 1 aromatic carbocycles. The Bertz CT molecular complexity index is 491. The minimum atomic E-state index is -0.938. The van der Waals surface area contributed by atoms with Gasteiger partial charge in [-0.2, -0.15) is 0 Å². The van der Waals surface area contributed by atoms with Crippen LogP contribution in [-0.4, -0.2) is 53.9 Å². The number of halogens is 2. The number of hydrogen-bond acceptors (Lipinski definition) is 4. The molecule has 0 spiro atoms. The molecule has 1 aliphatic rings. The zero-order valence-electron chi connectivity index (χ0n) is 13.5. The Hall–Kier alpha value is -1.08. The van der Waals surface area contributed by atoms with Crippen LogP contribution >= 0.6 is 0 Å². The van der Waals surface area contributed by atoms with Crippen LogP contribution < -0.4 is 5.32 Å². The van der Waals surface area contributed by atoms with Crippen LogP contribution in [0.15, 0.2) is 18.2 Å². The summed E-state index contributed by atoms with van der Waals surface area (Å²) in [6.07, 6.45) is 0.971. The van der Waals surface area contributed by atoms with Gasteiger partial charge < -0.3 is 20.4 Å². The van der Waals surface area contributed by atoms with Crippen molar-refractivity contribution in [1.29, 1.82) is 0 Å². The number of nitrogens with one attached hydrogen (secondary N) is 1. The van der Waals surface area contributed by atoms with E-state index in [-0.39, 0.29) is 6.10 Å². The molecule has 1 aliphatic heterocycles. The molecular weight excluding hydrogens is 302 g/mol. The fourth-order valence-corrected chi connectivity index (χ4v) is 3.01. The number of benzene rings is 1. The van der Waals surface area contributed by atoms with E-state index in [4.69, 9.17) is 0 Å². The summed E-state index contributed by atoms with van der Waals surface area (Å²) in [5, 5.41) is 22.6. The molecule has 0 radical (unpaired) electrons. The summed E-state index contributed by atoms with van der Waals surface area (Å²) >= 11 is 0. The van der Waals surface area contributed by atoms with Crippen LogP contribution in [0.1, 0.15) is 31.4 Å². The molecule has 1 heterocycles. The summed E-state index contributed by atoms with van der Waals surface area (Å²) in [5.74, 6) is -1.30. The predicted octanol–water partition coefficient (Wildman–Crippen LogP) is 1.68. The average Bonchev–Trinajstić information content (AvgIpc) is 2.51. The molecule has 1 saturated heterocycles. The van der Waals surface area contributed by atoms with Gasteiger partial charge in [-0.15, -0.1) is 0 Å². The molecule has 4 nitrogen and oxygen atoms in total. The van der Waals surface area contributed by atoms with Gasteiger partial charge in [0, 0.05) is 13.1 Å². The standard InChI is InChI=1S/C17H26F2N2O2/c1-12(22)11-21-6-4-13(5-7-21)9-20-10-17(23)14-2-3-15(18)16(19)8-14/h2-3,8,12-13,17,20,22-23H,4-7,9-11H2,1H3/t12-,17+/m1/s1. The Kier molecular flexibility index (Phi) is 6.89. The van der Waals surface area contributed by atoms with Crippen molar-refractivity contribution in [2.75, 3.05) is 32.7 Å². The third kappa shape index (κ3) is 5.80. The summed E-state index contributed by atoms with van der Waals surface area (Å²) < 4.78 is 26.0. The maximum atomic E-state index is 13.2. The Labute approximate surface area is 136 Å². The van der Waals surface area contributed by atoms with E-state index in [1.165, 1.54) is 6.07 Å². The first-order valence-electron chi connectivity index (χ1n) is 8.20. The maximum absolute atomic E-state index is 13.2. The number of rotatable bonds is 7. The van der Waals surface area contributed by atoms with Crippen LogP contribution in [0.5, 0.6) is 0 Å². The van der Waals surface area contributed by atoms with Crippen molar-refractivity contribution in [3.8, 4) is 0 Å². The molecule has 0 unspecified atom stereocenters. The summed E-state index contributed by atoms with van der Waals surface area (Å²) in [6.45, 7) is 5.58. The lowest BCUT2D eigenvalue weighted by Crippen LogP contribution is -2.40. The summed E-state index contributed by atoms with van der Waals surface area (Å²) in [5.41, 5.74) is 0.378. The van der Waals surface area contributed by atoms with Gasteiger partial charge in [0.25, 0.3) is 0 Å². The molecular formula is C17H26F2N2O2. The zero-order chi connectivity index (χ0) is 16.8. The average molecular weight is 328 g/mol. The third-order valence-electron chi connectivity index (χ3n) is 4.33. The Morgan fingerprint density at radius 3 is 2.52 bits per heavy atom. The Balaban J connectivity index is 1.68. The van der Waals surface area contributed by atoms with Crippen molar-refractivity contribution >= 4 is 0 Å². The van der Waals surface area contributed by atoms with Crippen LogP contribution in [-0.2, 0) is 0 Å². The van der Waals surface area contributed by atoms with E-state index in [2.05, 4.69) is 10.2 Å². The smallest absolute Gasteiger partial charge is 0.159 e. The van der Waals surface area contributed by atoms with Crippen molar-refractivity contribution in [3.05, 3.63) is 35.4 Å². The second-order valence-electron chi connectivity index (χ2n) is 6.44. The molecule has 3 N–H and O–H groups in total. The zero-order valence-corrected chi connectivity index (χ0v) is 13.5. The Morgan fingerprint density at radius 1 is 1.22 bits per heavy atom. The second kappa shape index (κ2) is 8.68. The second-order valence-corrected chi connectivity index (χ2v) is 6.44. The highest BCUT2D eigenvalue weighted by atomic mass is 19.2. The molecule has 0 aliphatic carbocycles. The van der Waals surface area contributed by atoms with Crippen LogP contribution in [0.2, 0.25) is 0 Å². The van der Waals surface area contributed by atoms with E-state index in [1.54, 1.807) is 6.92 Å². The molecule has 2 atom stereocenters. The largest absolute Gasteiger partial charge is 0.392 e. The van der Waals surface area contributed by atoms with Gasteiger partial charge in [0.2, 0.25) is 0 Å². The number of aliphatic hydroxyl groups is 2.